The number of ether oxygens (including phenoxy) is 2. The van der Waals surface area contributed by atoms with E-state index < -0.39 is 6.09 Å². The van der Waals surface area contributed by atoms with Crippen molar-refractivity contribution in [3.8, 4) is 16.9 Å². The maximum absolute atomic E-state index is 10.8. The second kappa shape index (κ2) is 7.83. The predicted octanol–water partition coefficient (Wildman–Crippen LogP) is 3.03. The van der Waals surface area contributed by atoms with Crippen LogP contribution in [-0.2, 0) is 4.74 Å². The molecule has 2 aromatic rings. The first-order valence-electron chi connectivity index (χ1n) is 6.90. The zero-order valence-electron chi connectivity index (χ0n) is 12.0. The number of hydrogen-bond donors (Lipinski definition) is 1. The quantitative estimate of drug-likeness (QED) is 0.629. The van der Waals surface area contributed by atoms with E-state index >= 15 is 0 Å². The van der Waals surface area contributed by atoms with Crippen LogP contribution in [-0.4, -0.2) is 25.6 Å². The summed E-state index contributed by atoms with van der Waals surface area (Å²) in [5.41, 5.74) is 7.42. The molecule has 0 fully saturated rings. The van der Waals surface area contributed by atoms with Crippen LogP contribution in [0.2, 0.25) is 0 Å². The van der Waals surface area contributed by atoms with Gasteiger partial charge in [0.1, 0.15) is 12.0 Å². The summed E-state index contributed by atoms with van der Waals surface area (Å²) in [6, 6.07) is 15.0. The molecule has 0 aromatic heterocycles. The van der Waals surface area contributed by atoms with Crippen molar-refractivity contribution >= 4 is 12.4 Å². The number of carbonyl (C=O) groups is 2. The molecule has 0 saturated carbocycles. The van der Waals surface area contributed by atoms with Gasteiger partial charge in [-0.05, 0) is 29.3 Å². The van der Waals surface area contributed by atoms with Crippen LogP contribution in [0, 0.1) is 0 Å². The third kappa shape index (κ3) is 4.63. The summed E-state index contributed by atoms with van der Waals surface area (Å²) >= 11 is 0. The van der Waals surface area contributed by atoms with Crippen molar-refractivity contribution in [1.29, 1.82) is 0 Å². The van der Waals surface area contributed by atoms with E-state index in [4.69, 9.17) is 10.5 Å². The van der Waals surface area contributed by atoms with Gasteiger partial charge < -0.3 is 15.2 Å². The van der Waals surface area contributed by atoms with Crippen molar-refractivity contribution in [2.24, 2.45) is 5.73 Å². The predicted molar refractivity (Wildman–Crippen MR) is 82.9 cm³/mol. The summed E-state index contributed by atoms with van der Waals surface area (Å²) in [4.78, 5) is 21.3. The number of aldehydes is 1. The molecule has 0 aliphatic carbocycles. The Bertz CT molecular complexity index is 655. The molecule has 1 amide bonds. The second-order valence-corrected chi connectivity index (χ2v) is 4.64. The second-order valence-electron chi connectivity index (χ2n) is 4.64. The van der Waals surface area contributed by atoms with Gasteiger partial charge in [0.15, 0.2) is 0 Å². The monoisotopic (exact) mass is 299 g/mol. The maximum Gasteiger partial charge on any atom is 0.404 e. The van der Waals surface area contributed by atoms with Crippen molar-refractivity contribution in [3.63, 3.8) is 0 Å². The topological polar surface area (TPSA) is 78.6 Å². The number of amides is 1. The zero-order chi connectivity index (χ0) is 15.8. The highest BCUT2D eigenvalue weighted by molar-refractivity contribution is 5.79. The van der Waals surface area contributed by atoms with Crippen LogP contribution < -0.4 is 10.5 Å². The number of carbonyl (C=O) groups excluding carboxylic acids is 2. The van der Waals surface area contributed by atoms with Crippen molar-refractivity contribution in [1.82, 2.24) is 0 Å². The number of primary amides is 1. The summed E-state index contributed by atoms with van der Waals surface area (Å²) < 4.78 is 10.2. The van der Waals surface area contributed by atoms with Gasteiger partial charge in [-0.1, -0.05) is 30.3 Å². The molecular weight excluding hydrogens is 282 g/mol. The van der Waals surface area contributed by atoms with E-state index in [1.54, 1.807) is 6.07 Å². The summed E-state index contributed by atoms with van der Waals surface area (Å²) in [6.45, 7) is 0.654. The molecule has 0 unspecified atom stereocenters. The van der Waals surface area contributed by atoms with Crippen molar-refractivity contribution < 1.29 is 19.1 Å². The van der Waals surface area contributed by atoms with Crippen molar-refractivity contribution in [3.05, 3.63) is 54.1 Å². The Morgan fingerprint density at radius 3 is 2.50 bits per heavy atom. The lowest BCUT2D eigenvalue weighted by Crippen LogP contribution is -2.15. The first kappa shape index (κ1) is 15.6. The lowest BCUT2D eigenvalue weighted by molar-refractivity contribution is 0.112. The first-order chi connectivity index (χ1) is 10.7. The van der Waals surface area contributed by atoms with E-state index in [1.807, 2.05) is 42.5 Å². The minimum Gasteiger partial charge on any atom is -0.493 e. The SMILES string of the molecule is NC(=O)OCCCOc1cccc(-c2cccc(C=O)c2)c1. The van der Waals surface area contributed by atoms with Gasteiger partial charge >= 0.3 is 6.09 Å². The van der Waals surface area contributed by atoms with E-state index in [-0.39, 0.29) is 6.61 Å². The Morgan fingerprint density at radius 1 is 1.05 bits per heavy atom. The lowest BCUT2D eigenvalue weighted by Gasteiger charge is -2.08. The highest BCUT2D eigenvalue weighted by Crippen LogP contribution is 2.24. The largest absolute Gasteiger partial charge is 0.493 e. The molecule has 0 atom stereocenters. The van der Waals surface area contributed by atoms with Crippen LogP contribution >= 0.6 is 0 Å². The molecule has 0 saturated heterocycles. The first-order valence-corrected chi connectivity index (χ1v) is 6.90. The molecule has 2 rings (SSSR count). The van der Waals surface area contributed by atoms with Gasteiger partial charge in [-0.2, -0.15) is 0 Å². The molecule has 2 N–H and O–H groups in total. The van der Waals surface area contributed by atoms with Gasteiger partial charge in [0.05, 0.1) is 13.2 Å². The molecule has 0 radical (unpaired) electrons. The lowest BCUT2D eigenvalue weighted by atomic mass is 10.0. The van der Waals surface area contributed by atoms with Gasteiger partial charge in [0, 0.05) is 12.0 Å². The van der Waals surface area contributed by atoms with E-state index in [1.165, 1.54) is 0 Å². The summed E-state index contributed by atoms with van der Waals surface area (Å²) in [6.07, 6.45) is 0.605. The minimum atomic E-state index is -0.781. The van der Waals surface area contributed by atoms with Crippen LogP contribution in [0.1, 0.15) is 16.8 Å². The van der Waals surface area contributed by atoms with Crippen molar-refractivity contribution in [2.45, 2.75) is 6.42 Å². The van der Waals surface area contributed by atoms with Gasteiger partial charge in [-0.3, -0.25) is 4.79 Å². The minimum absolute atomic E-state index is 0.233. The molecule has 5 nitrogen and oxygen atoms in total. The number of rotatable bonds is 7. The maximum atomic E-state index is 10.8. The van der Waals surface area contributed by atoms with E-state index in [9.17, 15) is 9.59 Å². The molecule has 114 valence electrons. The summed E-state index contributed by atoms with van der Waals surface area (Å²) in [7, 11) is 0. The van der Waals surface area contributed by atoms with Crippen LogP contribution in [0.3, 0.4) is 0 Å². The average molecular weight is 299 g/mol. The molecule has 2 aromatic carbocycles. The van der Waals surface area contributed by atoms with E-state index in [2.05, 4.69) is 4.74 Å². The number of hydrogen-bond acceptors (Lipinski definition) is 4. The Kier molecular flexibility index (Phi) is 5.54. The third-order valence-corrected chi connectivity index (χ3v) is 2.99. The van der Waals surface area contributed by atoms with Gasteiger partial charge in [0.25, 0.3) is 0 Å². The molecule has 0 bridgehead atoms. The van der Waals surface area contributed by atoms with Crippen LogP contribution in [0.25, 0.3) is 11.1 Å². The fourth-order valence-electron chi connectivity index (χ4n) is 1.98. The van der Waals surface area contributed by atoms with Gasteiger partial charge in [0.2, 0.25) is 0 Å². The van der Waals surface area contributed by atoms with Gasteiger partial charge in [-0.15, -0.1) is 0 Å². The third-order valence-electron chi connectivity index (χ3n) is 2.99. The molecule has 5 heteroatoms. The molecule has 0 heterocycles. The fraction of sp³-hybridized carbons (Fsp3) is 0.176. The van der Waals surface area contributed by atoms with Crippen LogP contribution in [0.5, 0.6) is 5.75 Å². The Morgan fingerprint density at radius 2 is 1.77 bits per heavy atom. The number of benzene rings is 2. The fourth-order valence-corrected chi connectivity index (χ4v) is 1.98. The highest BCUT2D eigenvalue weighted by Gasteiger charge is 2.02. The summed E-state index contributed by atoms with van der Waals surface area (Å²) in [5, 5.41) is 0. The Labute approximate surface area is 128 Å². The highest BCUT2D eigenvalue weighted by atomic mass is 16.5. The van der Waals surface area contributed by atoms with Gasteiger partial charge in [-0.25, -0.2) is 4.79 Å². The summed E-state index contributed by atoms with van der Waals surface area (Å²) in [5.74, 6) is 0.716. The smallest absolute Gasteiger partial charge is 0.404 e. The molecule has 22 heavy (non-hydrogen) atoms. The van der Waals surface area contributed by atoms with Crippen LogP contribution in [0.15, 0.2) is 48.5 Å². The normalized spacial score (nSPS) is 10.0. The van der Waals surface area contributed by atoms with Crippen molar-refractivity contribution in [2.75, 3.05) is 13.2 Å². The Hall–Kier alpha value is -2.82. The molecule has 0 aliphatic heterocycles. The Balaban J connectivity index is 1.97. The zero-order valence-corrected chi connectivity index (χ0v) is 12.0. The van der Waals surface area contributed by atoms with Crippen LogP contribution in [0.4, 0.5) is 4.79 Å². The number of nitrogens with two attached hydrogens (primary N) is 1. The van der Waals surface area contributed by atoms with E-state index in [0.717, 1.165) is 17.4 Å². The molecular formula is C17H17NO4. The van der Waals surface area contributed by atoms with E-state index in [0.29, 0.717) is 24.3 Å². The molecule has 0 spiro atoms. The average Bonchev–Trinajstić information content (AvgIpc) is 2.54. The molecule has 0 aliphatic rings. The standard InChI is InChI=1S/C17H17NO4/c18-17(20)22-9-3-8-21-16-7-2-6-15(11-16)14-5-1-4-13(10-14)12-19/h1-2,4-7,10-12H,3,8-9H2,(H2,18,20).